The van der Waals surface area contributed by atoms with Crippen molar-refractivity contribution >= 4 is 47.7 Å². The molecule has 0 unspecified atom stereocenters. The molecule has 0 atom stereocenters. The van der Waals surface area contributed by atoms with Gasteiger partial charge in [0.2, 0.25) is 0 Å². The van der Waals surface area contributed by atoms with E-state index in [1.54, 1.807) is 158 Å². The fourth-order valence-corrected chi connectivity index (χ4v) is 5.84. The molecular formula is C53H50N2O10. The second kappa shape index (κ2) is 24.7. The van der Waals surface area contributed by atoms with E-state index in [9.17, 15) is 19.2 Å². The summed E-state index contributed by atoms with van der Waals surface area (Å²) in [6.45, 7) is 5.60. The number of unbranched alkanes of at least 4 members (excludes halogenated alkanes) is 2. The van der Waals surface area contributed by atoms with Crippen LogP contribution in [0, 0.1) is 0 Å². The zero-order valence-corrected chi connectivity index (χ0v) is 36.4. The van der Waals surface area contributed by atoms with Crippen LogP contribution >= 0.6 is 0 Å². The second-order valence-electron chi connectivity index (χ2n) is 14.6. The van der Waals surface area contributed by atoms with Crippen molar-refractivity contribution in [3.8, 4) is 23.0 Å². The summed E-state index contributed by atoms with van der Waals surface area (Å²) in [5.41, 5.74) is 4.40. The Hall–Kier alpha value is -7.86. The molecule has 65 heavy (non-hydrogen) atoms. The molecule has 0 saturated carbocycles. The fraction of sp³-hybridized carbons (Fsp3) is 0.208. The molecule has 0 N–H and O–H groups in total. The highest BCUT2D eigenvalue weighted by Gasteiger charge is 2.12. The van der Waals surface area contributed by atoms with Crippen LogP contribution in [-0.4, -0.2) is 62.7 Å². The molecule has 0 heterocycles. The summed E-state index contributed by atoms with van der Waals surface area (Å²) in [5.74, 6) is 0.286. The molecule has 0 aliphatic rings. The number of hydrogen-bond donors (Lipinski definition) is 0. The minimum Gasteiger partial charge on any atom is -0.494 e. The molecule has 0 radical (unpaired) electrons. The molecule has 0 aliphatic heterocycles. The van der Waals surface area contributed by atoms with E-state index in [4.69, 9.17) is 28.4 Å². The Morgan fingerprint density at radius 1 is 0.385 bits per heavy atom. The molecule has 6 aromatic carbocycles. The third-order valence-corrected chi connectivity index (χ3v) is 9.58. The summed E-state index contributed by atoms with van der Waals surface area (Å²) in [6, 6.07) is 40.9. The first kappa shape index (κ1) is 46.6. The van der Waals surface area contributed by atoms with Crippen molar-refractivity contribution in [2.75, 3.05) is 26.4 Å². The summed E-state index contributed by atoms with van der Waals surface area (Å²) in [4.78, 5) is 59.3. The number of carbonyl (C=O) groups is 4. The number of esters is 4. The van der Waals surface area contributed by atoms with Gasteiger partial charge in [-0.15, -0.1) is 0 Å². The van der Waals surface area contributed by atoms with Gasteiger partial charge in [-0.1, -0.05) is 26.7 Å². The molecule has 0 spiro atoms. The van der Waals surface area contributed by atoms with Crippen LogP contribution < -0.4 is 18.9 Å². The topological polar surface area (TPSA) is 148 Å². The average Bonchev–Trinajstić information content (AvgIpc) is 3.34. The third-order valence-electron chi connectivity index (χ3n) is 9.58. The molecule has 0 aromatic heterocycles. The smallest absolute Gasteiger partial charge is 0.343 e. The van der Waals surface area contributed by atoms with Gasteiger partial charge in [0.05, 0.1) is 60.1 Å². The molecule has 0 bridgehead atoms. The minimum absolute atomic E-state index is 0.0671. The maximum absolute atomic E-state index is 12.6. The Morgan fingerprint density at radius 3 is 1.06 bits per heavy atom. The van der Waals surface area contributed by atoms with E-state index >= 15 is 0 Å². The lowest BCUT2D eigenvalue weighted by atomic mass is 10.2. The summed E-state index contributed by atoms with van der Waals surface area (Å²) in [5, 5.41) is 0. The van der Waals surface area contributed by atoms with Gasteiger partial charge in [-0.3, -0.25) is 9.98 Å². The zero-order chi connectivity index (χ0) is 45.6. The van der Waals surface area contributed by atoms with Crippen molar-refractivity contribution in [2.45, 2.75) is 46.0 Å². The van der Waals surface area contributed by atoms with E-state index in [-0.39, 0.29) is 13.2 Å². The summed E-state index contributed by atoms with van der Waals surface area (Å²) in [6.07, 6.45) is 7.68. The first-order valence-electron chi connectivity index (χ1n) is 21.5. The van der Waals surface area contributed by atoms with Crippen LogP contribution in [0.1, 0.15) is 98.5 Å². The molecule has 12 nitrogen and oxygen atoms in total. The third kappa shape index (κ3) is 15.2. The minimum atomic E-state index is -0.505. The maximum atomic E-state index is 12.6. The number of aliphatic imine (C=N–C) groups is 2. The molecule has 12 heteroatoms. The van der Waals surface area contributed by atoms with Gasteiger partial charge in [-0.2, -0.15) is 0 Å². The Labute approximate surface area is 378 Å². The predicted octanol–water partition coefficient (Wildman–Crippen LogP) is 11.4. The van der Waals surface area contributed by atoms with Crippen LogP contribution in [0.4, 0.5) is 11.4 Å². The Balaban J connectivity index is 0.855. The largest absolute Gasteiger partial charge is 0.494 e. The van der Waals surface area contributed by atoms with Crippen LogP contribution in [0.25, 0.3) is 0 Å². The highest BCUT2D eigenvalue weighted by atomic mass is 16.6. The van der Waals surface area contributed by atoms with Crippen molar-refractivity contribution in [1.82, 2.24) is 0 Å². The monoisotopic (exact) mass is 874 g/mol. The van der Waals surface area contributed by atoms with E-state index in [1.165, 1.54) is 0 Å². The predicted molar refractivity (Wildman–Crippen MR) is 249 cm³/mol. The number of benzene rings is 6. The Kier molecular flexibility index (Phi) is 17.7. The van der Waals surface area contributed by atoms with Crippen molar-refractivity contribution < 1.29 is 47.6 Å². The van der Waals surface area contributed by atoms with Crippen molar-refractivity contribution in [3.05, 3.63) is 179 Å². The average molecular weight is 875 g/mol. The molecular weight excluding hydrogens is 825 g/mol. The van der Waals surface area contributed by atoms with E-state index in [0.29, 0.717) is 76.3 Å². The van der Waals surface area contributed by atoms with Crippen molar-refractivity contribution in [3.63, 3.8) is 0 Å². The van der Waals surface area contributed by atoms with Gasteiger partial charge in [0.25, 0.3) is 0 Å². The number of ether oxygens (including phenoxy) is 6. The van der Waals surface area contributed by atoms with Gasteiger partial charge in [0.15, 0.2) is 0 Å². The normalized spacial score (nSPS) is 11.0. The quantitative estimate of drug-likeness (QED) is 0.0279. The fourth-order valence-electron chi connectivity index (χ4n) is 5.84. The number of hydrogen-bond acceptors (Lipinski definition) is 12. The maximum Gasteiger partial charge on any atom is 0.343 e. The van der Waals surface area contributed by atoms with E-state index in [2.05, 4.69) is 23.8 Å². The summed E-state index contributed by atoms with van der Waals surface area (Å²) < 4.78 is 33.0. The zero-order valence-electron chi connectivity index (χ0n) is 36.4. The molecule has 0 aliphatic carbocycles. The van der Waals surface area contributed by atoms with Crippen LogP contribution in [0.5, 0.6) is 23.0 Å². The Bertz CT molecular complexity index is 2340. The van der Waals surface area contributed by atoms with Gasteiger partial charge < -0.3 is 28.4 Å². The van der Waals surface area contributed by atoms with Gasteiger partial charge in [0, 0.05) is 18.9 Å². The van der Waals surface area contributed by atoms with Crippen molar-refractivity contribution in [1.29, 1.82) is 0 Å². The molecule has 6 rings (SSSR count). The lowest BCUT2D eigenvalue weighted by Crippen LogP contribution is -2.11. The van der Waals surface area contributed by atoms with E-state index in [0.717, 1.165) is 36.8 Å². The number of nitrogens with zero attached hydrogens (tertiary/aromatic N) is 2. The van der Waals surface area contributed by atoms with Crippen LogP contribution in [-0.2, 0) is 9.47 Å². The van der Waals surface area contributed by atoms with Crippen LogP contribution in [0.15, 0.2) is 156 Å². The molecule has 0 saturated heterocycles. The summed E-state index contributed by atoms with van der Waals surface area (Å²) in [7, 11) is 0. The standard InChI is InChI=1S/C53H50N2O10/c1-3-5-32-60-46-28-16-42(17-29-46)52(58)64-48-24-8-38(9-25-48)36-54-44-20-12-40(13-21-44)50(56)62-34-7-35-63-51(57)41-14-22-45(23-15-41)55-37-39-10-26-49(27-11-39)65-53(59)43-18-30-47(31-19-43)61-33-6-4-2/h8-31,36-37H,3-7,32-35H2,1-2H3. The molecule has 332 valence electrons. The van der Waals surface area contributed by atoms with Crippen LogP contribution in [0.3, 0.4) is 0 Å². The first-order valence-corrected chi connectivity index (χ1v) is 21.5. The lowest BCUT2D eigenvalue weighted by Gasteiger charge is -2.07. The number of carbonyl (C=O) groups excluding carboxylic acids is 4. The van der Waals surface area contributed by atoms with Gasteiger partial charge in [0.1, 0.15) is 23.0 Å². The summed E-state index contributed by atoms with van der Waals surface area (Å²) >= 11 is 0. The second-order valence-corrected chi connectivity index (χ2v) is 14.6. The van der Waals surface area contributed by atoms with E-state index in [1.807, 2.05) is 0 Å². The van der Waals surface area contributed by atoms with Crippen LogP contribution in [0.2, 0.25) is 0 Å². The van der Waals surface area contributed by atoms with E-state index < -0.39 is 23.9 Å². The lowest BCUT2D eigenvalue weighted by molar-refractivity contribution is 0.0395. The molecule has 0 amide bonds. The highest BCUT2D eigenvalue weighted by molar-refractivity contribution is 5.93. The molecule has 0 fully saturated rings. The van der Waals surface area contributed by atoms with Gasteiger partial charge in [-0.25, -0.2) is 19.2 Å². The highest BCUT2D eigenvalue weighted by Crippen LogP contribution is 2.21. The molecule has 6 aromatic rings. The van der Waals surface area contributed by atoms with Crippen molar-refractivity contribution in [2.24, 2.45) is 9.98 Å². The van der Waals surface area contributed by atoms with Gasteiger partial charge >= 0.3 is 23.9 Å². The SMILES string of the molecule is CCCCOc1ccc(C(=O)Oc2ccc(C=Nc3ccc(C(=O)OCCCOC(=O)c4ccc(N=Cc5ccc(OC(=O)c6ccc(OCCCC)cc6)cc5)cc4)cc3)cc2)cc1. The number of rotatable bonds is 22. The Morgan fingerprint density at radius 2 is 0.708 bits per heavy atom. The first-order chi connectivity index (χ1) is 31.8. The van der Waals surface area contributed by atoms with Gasteiger partial charge in [-0.05, 0) is 170 Å².